The van der Waals surface area contributed by atoms with Crippen LogP contribution >= 0.6 is 39.1 Å². The van der Waals surface area contributed by atoms with E-state index in [9.17, 15) is 0 Å². The van der Waals surface area contributed by atoms with Crippen LogP contribution in [0.25, 0.3) is 0 Å². The van der Waals surface area contributed by atoms with Gasteiger partial charge in [-0.15, -0.1) is 11.6 Å². The van der Waals surface area contributed by atoms with E-state index in [4.69, 9.17) is 23.2 Å². The summed E-state index contributed by atoms with van der Waals surface area (Å²) < 4.78 is 1.08. The number of hydrogen-bond acceptors (Lipinski definition) is 0. The monoisotopic (exact) mass is 342 g/mol. The van der Waals surface area contributed by atoms with Gasteiger partial charge in [0.05, 0.1) is 5.38 Å². The molecule has 0 N–H and O–H groups in total. The number of rotatable bonds is 3. The zero-order valence-corrected chi connectivity index (χ0v) is 13.1. The minimum atomic E-state index is -0.0510. The molecule has 0 nitrogen and oxygen atoms in total. The summed E-state index contributed by atoms with van der Waals surface area (Å²) >= 11 is 16.0. The number of halogens is 3. The van der Waals surface area contributed by atoms with Gasteiger partial charge < -0.3 is 0 Å². The molecule has 0 saturated heterocycles. The zero-order valence-electron chi connectivity index (χ0n) is 9.96. The summed E-state index contributed by atoms with van der Waals surface area (Å²) in [7, 11) is 0. The Morgan fingerprint density at radius 1 is 1.11 bits per heavy atom. The predicted octanol–water partition coefficient (Wildman–Crippen LogP) is 5.93. The average molecular weight is 344 g/mol. The SMILES string of the molecule is Cc1c(Cl)cccc1C(Cl)Cc1ccc(Br)cc1. The van der Waals surface area contributed by atoms with Crippen LogP contribution in [0.4, 0.5) is 0 Å². The largest absolute Gasteiger partial charge is 0.117 e. The van der Waals surface area contributed by atoms with E-state index in [1.54, 1.807) is 0 Å². The van der Waals surface area contributed by atoms with E-state index >= 15 is 0 Å². The van der Waals surface area contributed by atoms with Gasteiger partial charge >= 0.3 is 0 Å². The van der Waals surface area contributed by atoms with E-state index in [0.29, 0.717) is 0 Å². The Morgan fingerprint density at radius 2 is 1.78 bits per heavy atom. The van der Waals surface area contributed by atoms with Gasteiger partial charge in [-0.05, 0) is 48.2 Å². The molecule has 2 rings (SSSR count). The summed E-state index contributed by atoms with van der Waals surface area (Å²) in [5.41, 5.74) is 3.39. The summed E-state index contributed by atoms with van der Waals surface area (Å²) in [6.45, 7) is 2.01. The Kier molecular flexibility index (Phi) is 4.71. The Morgan fingerprint density at radius 3 is 2.44 bits per heavy atom. The smallest absolute Gasteiger partial charge is 0.0628 e. The summed E-state index contributed by atoms with van der Waals surface area (Å²) in [6, 6.07) is 14.1. The molecule has 0 aliphatic carbocycles. The predicted molar refractivity (Wildman–Crippen MR) is 82.6 cm³/mol. The average Bonchev–Trinajstić information content (AvgIpc) is 2.35. The molecule has 0 saturated carbocycles. The normalized spacial score (nSPS) is 12.4. The topological polar surface area (TPSA) is 0 Å². The molecular formula is C15H13BrCl2. The highest BCUT2D eigenvalue weighted by atomic mass is 79.9. The molecule has 0 aliphatic rings. The van der Waals surface area contributed by atoms with Crippen LogP contribution in [-0.4, -0.2) is 0 Å². The lowest BCUT2D eigenvalue weighted by atomic mass is 10.00. The lowest BCUT2D eigenvalue weighted by Gasteiger charge is -2.14. The Hall–Kier alpha value is -0.500. The molecule has 0 aliphatic heterocycles. The van der Waals surface area contributed by atoms with Crippen molar-refractivity contribution in [2.24, 2.45) is 0 Å². The van der Waals surface area contributed by atoms with Crippen molar-refractivity contribution in [1.82, 2.24) is 0 Å². The van der Waals surface area contributed by atoms with Crippen LogP contribution in [0, 0.1) is 6.92 Å². The molecule has 1 unspecified atom stereocenters. The lowest BCUT2D eigenvalue weighted by molar-refractivity contribution is 0.910. The van der Waals surface area contributed by atoms with Crippen molar-refractivity contribution in [2.75, 3.05) is 0 Å². The van der Waals surface area contributed by atoms with Gasteiger partial charge in [0.25, 0.3) is 0 Å². The summed E-state index contributed by atoms with van der Waals surface area (Å²) in [6.07, 6.45) is 0.802. The number of hydrogen-bond donors (Lipinski definition) is 0. The van der Waals surface area contributed by atoms with E-state index in [2.05, 4.69) is 28.1 Å². The fourth-order valence-electron chi connectivity index (χ4n) is 1.90. The minimum absolute atomic E-state index is 0.0510. The molecule has 0 bridgehead atoms. The first-order chi connectivity index (χ1) is 8.58. The highest BCUT2D eigenvalue weighted by molar-refractivity contribution is 9.10. The Balaban J connectivity index is 2.19. The van der Waals surface area contributed by atoms with Crippen molar-refractivity contribution in [2.45, 2.75) is 18.7 Å². The maximum atomic E-state index is 6.49. The van der Waals surface area contributed by atoms with Gasteiger partial charge in [-0.1, -0.05) is 51.8 Å². The molecule has 0 radical (unpaired) electrons. The van der Waals surface area contributed by atoms with E-state index in [0.717, 1.165) is 27.0 Å². The third kappa shape index (κ3) is 3.28. The van der Waals surface area contributed by atoms with Crippen LogP contribution < -0.4 is 0 Å². The van der Waals surface area contributed by atoms with Gasteiger partial charge in [-0.25, -0.2) is 0 Å². The van der Waals surface area contributed by atoms with Crippen LogP contribution in [0.1, 0.15) is 22.1 Å². The standard InChI is InChI=1S/C15H13BrCl2/c1-10-13(3-2-4-14(10)17)15(18)9-11-5-7-12(16)8-6-11/h2-8,15H,9H2,1H3. The maximum Gasteiger partial charge on any atom is 0.0628 e. The van der Waals surface area contributed by atoms with Gasteiger partial charge in [0, 0.05) is 9.50 Å². The fraction of sp³-hybridized carbons (Fsp3) is 0.200. The molecule has 1 atom stereocenters. The van der Waals surface area contributed by atoms with Crippen molar-refractivity contribution in [1.29, 1.82) is 0 Å². The molecule has 3 heteroatoms. The molecule has 2 aromatic rings. The van der Waals surface area contributed by atoms with Crippen molar-refractivity contribution < 1.29 is 0 Å². The Bertz CT molecular complexity index is 535. The van der Waals surface area contributed by atoms with Gasteiger partial charge in [0.2, 0.25) is 0 Å². The first-order valence-electron chi connectivity index (χ1n) is 5.71. The minimum Gasteiger partial charge on any atom is -0.117 e. The second-order valence-electron chi connectivity index (χ2n) is 4.25. The molecule has 0 fully saturated rings. The molecule has 0 amide bonds. The number of benzene rings is 2. The van der Waals surface area contributed by atoms with E-state index in [1.807, 2.05) is 37.3 Å². The van der Waals surface area contributed by atoms with Crippen molar-refractivity contribution in [3.05, 3.63) is 68.7 Å². The lowest BCUT2D eigenvalue weighted by Crippen LogP contribution is -1.98. The van der Waals surface area contributed by atoms with Gasteiger partial charge in [-0.2, -0.15) is 0 Å². The van der Waals surface area contributed by atoms with Gasteiger partial charge in [0.15, 0.2) is 0 Å². The first kappa shape index (κ1) is 13.9. The Labute approximate surface area is 126 Å². The third-order valence-corrected chi connectivity index (χ3v) is 4.30. The van der Waals surface area contributed by atoms with Crippen molar-refractivity contribution in [3.8, 4) is 0 Å². The van der Waals surface area contributed by atoms with E-state index in [1.165, 1.54) is 5.56 Å². The highest BCUT2D eigenvalue weighted by Gasteiger charge is 2.12. The molecule has 0 aromatic heterocycles. The van der Waals surface area contributed by atoms with Gasteiger partial charge in [-0.3, -0.25) is 0 Å². The second kappa shape index (κ2) is 6.10. The second-order valence-corrected chi connectivity index (χ2v) is 6.10. The molecule has 0 heterocycles. The molecular weight excluding hydrogens is 331 g/mol. The number of alkyl halides is 1. The summed E-state index contributed by atoms with van der Waals surface area (Å²) in [5, 5.41) is 0.721. The molecule has 2 aromatic carbocycles. The summed E-state index contributed by atoms with van der Waals surface area (Å²) in [4.78, 5) is 0. The zero-order chi connectivity index (χ0) is 13.1. The van der Waals surface area contributed by atoms with Crippen molar-refractivity contribution >= 4 is 39.1 Å². The van der Waals surface area contributed by atoms with Crippen LogP contribution in [0.5, 0.6) is 0 Å². The first-order valence-corrected chi connectivity index (χ1v) is 7.32. The quantitative estimate of drug-likeness (QED) is 0.605. The van der Waals surface area contributed by atoms with E-state index < -0.39 is 0 Å². The highest BCUT2D eigenvalue weighted by Crippen LogP contribution is 2.31. The molecule has 94 valence electrons. The van der Waals surface area contributed by atoms with Crippen LogP contribution in [-0.2, 0) is 6.42 Å². The van der Waals surface area contributed by atoms with Crippen LogP contribution in [0.15, 0.2) is 46.9 Å². The van der Waals surface area contributed by atoms with E-state index in [-0.39, 0.29) is 5.38 Å². The molecule has 18 heavy (non-hydrogen) atoms. The molecule has 0 spiro atoms. The maximum absolute atomic E-state index is 6.49. The van der Waals surface area contributed by atoms with Crippen LogP contribution in [0.3, 0.4) is 0 Å². The fourth-order valence-corrected chi connectivity index (χ4v) is 2.76. The van der Waals surface area contributed by atoms with Crippen LogP contribution in [0.2, 0.25) is 5.02 Å². The van der Waals surface area contributed by atoms with Crippen molar-refractivity contribution in [3.63, 3.8) is 0 Å². The summed E-state index contributed by atoms with van der Waals surface area (Å²) in [5.74, 6) is 0. The van der Waals surface area contributed by atoms with Gasteiger partial charge in [0.1, 0.15) is 0 Å². The third-order valence-electron chi connectivity index (χ3n) is 2.98.